The number of nitrogens with one attached hydrogen (secondary N) is 1. The number of amides is 1. The number of carbonyl (C=O) groups is 1. The number of ether oxygens (including phenoxy) is 1. The molecule has 0 aliphatic carbocycles. The summed E-state index contributed by atoms with van der Waals surface area (Å²) in [6, 6.07) is 0. The number of nitrogens with zero attached hydrogens (tertiary/aromatic N) is 2. The van der Waals surface area contributed by atoms with E-state index < -0.39 is 0 Å². The van der Waals surface area contributed by atoms with Gasteiger partial charge in [-0.15, -0.1) is 0 Å². The van der Waals surface area contributed by atoms with E-state index in [1.807, 2.05) is 0 Å². The number of aromatic nitrogens is 2. The first-order valence-electron chi connectivity index (χ1n) is 5.14. The van der Waals surface area contributed by atoms with Gasteiger partial charge in [-0.1, -0.05) is 11.3 Å². The van der Waals surface area contributed by atoms with Gasteiger partial charge in [0.2, 0.25) is 5.91 Å². The molecule has 6 nitrogen and oxygen atoms in total. The summed E-state index contributed by atoms with van der Waals surface area (Å²) >= 11 is 0.981. The third-order valence-electron chi connectivity index (χ3n) is 2.40. The van der Waals surface area contributed by atoms with Crippen LogP contribution in [0.1, 0.15) is 12.8 Å². The molecule has 1 aromatic rings. The molecule has 1 N–H and O–H groups in total. The Morgan fingerprint density at radius 2 is 2.62 bits per heavy atom. The number of hydrogen-bond donors (Lipinski definition) is 1. The molecule has 1 fully saturated rings. The zero-order valence-corrected chi connectivity index (χ0v) is 9.53. The van der Waals surface area contributed by atoms with Gasteiger partial charge in [0.25, 0.3) is 0 Å². The van der Waals surface area contributed by atoms with Crippen molar-refractivity contribution in [2.24, 2.45) is 0 Å². The Balaban J connectivity index is 1.76. The van der Waals surface area contributed by atoms with Crippen LogP contribution in [0.3, 0.4) is 0 Å². The summed E-state index contributed by atoms with van der Waals surface area (Å²) in [5.74, 6) is -0.205. The maximum atomic E-state index is 11.5. The van der Waals surface area contributed by atoms with Gasteiger partial charge in [-0.3, -0.25) is 9.59 Å². The summed E-state index contributed by atoms with van der Waals surface area (Å²) in [6.45, 7) is 1.26. The molecular weight excluding hydrogens is 230 g/mol. The van der Waals surface area contributed by atoms with Crippen molar-refractivity contribution in [3.8, 4) is 0 Å². The average Bonchev–Trinajstić information content (AvgIpc) is 2.88. The van der Waals surface area contributed by atoms with Crippen molar-refractivity contribution in [2.45, 2.75) is 25.5 Å². The lowest BCUT2D eigenvalue weighted by molar-refractivity contribution is -0.122. The molecule has 88 valence electrons. The normalized spacial score (nSPS) is 19.9. The van der Waals surface area contributed by atoms with E-state index in [0.717, 1.165) is 35.5 Å². The first-order valence-corrected chi connectivity index (χ1v) is 6.02. The van der Waals surface area contributed by atoms with E-state index in [9.17, 15) is 9.59 Å². The molecule has 2 rings (SSSR count). The van der Waals surface area contributed by atoms with Gasteiger partial charge in [-0.05, 0) is 12.8 Å². The van der Waals surface area contributed by atoms with Crippen LogP contribution in [0.2, 0.25) is 0 Å². The predicted octanol–water partition coefficient (Wildman–Crippen LogP) is -0.400. The van der Waals surface area contributed by atoms with Gasteiger partial charge >= 0.3 is 4.87 Å². The number of carbonyl (C=O) groups excluding carboxylic acids is 1. The molecule has 0 radical (unpaired) electrons. The zero-order valence-electron chi connectivity index (χ0n) is 8.72. The van der Waals surface area contributed by atoms with Crippen molar-refractivity contribution in [3.63, 3.8) is 0 Å². The van der Waals surface area contributed by atoms with Gasteiger partial charge in [0.1, 0.15) is 12.1 Å². The molecule has 0 spiro atoms. The molecule has 1 aromatic heterocycles. The summed E-state index contributed by atoms with van der Waals surface area (Å²) in [4.78, 5) is 22.4. The minimum atomic E-state index is -0.215. The molecule has 0 aromatic carbocycles. The molecule has 2 heterocycles. The topological polar surface area (TPSA) is 73.2 Å². The smallest absolute Gasteiger partial charge is 0.325 e. The summed E-state index contributed by atoms with van der Waals surface area (Å²) in [5, 5.41) is 6.50. The fourth-order valence-electron chi connectivity index (χ4n) is 1.56. The standard InChI is InChI=1S/C9H13N3O3S/c13-8(5-12-9(14)16-6-11-12)10-4-7-2-1-3-15-7/h6-7H,1-5H2,(H,10,13). The SMILES string of the molecule is O=C(Cn1ncsc1=O)NCC1CCCO1. The Morgan fingerprint density at radius 3 is 3.25 bits per heavy atom. The Kier molecular flexibility index (Phi) is 3.68. The van der Waals surface area contributed by atoms with Crippen molar-refractivity contribution < 1.29 is 9.53 Å². The van der Waals surface area contributed by atoms with Gasteiger partial charge in [0.05, 0.1) is 6.10 Å². The van der Waals surface area contributed by atoms with E-state index in [1.54, 1.807) is 0 Å². The highest BCUT2D eigenvalue weighted by Crippen LogP contribution is 2.10. The lowest BCUT2D eigenvalue weighted by Gasteiger charge is -2.10. The third kappa shape index (κ3) is 2.89. The van der Waals surface area contributed by atoms with E-state index in [1.165, 1.54) is 5.51 Å². The van der Waals surface area contributed by atoms with Crippen LogP contribution in [-0.2, 0) is 16.1 Å². The minimum absolute atomic E-state index is 0.0188. The molecule has 1 aliphatic heterocycles. The summed E-state index contributed by atoms with van der Waals surface area (Å²) in [7, 11) is 0. The van der Waals surface area contributed by atoms with Gasteiger partial charge in [-0.25, -0.2) is 4.68 Å². The Hall–Kier alpha value is -1.21. The highest BCUT2D eigenvalue weighted by atomic mass is 32.1. The van der Waals surface area contributed by atoms with Gasteiger partial charge in [0, 0.05) is 13.2 Å². The highest BCUT2D eigenvalue weighted by molar-refractivity contribution is 7.06. The molecule has 1 amide bonds. The van der Waals surface area contributed by atoms with Crippen molar-refractivity contribution in [3.05, 3.63) is 15.2 Å². The van der Waals surface area contributed by atoms with Crippen LogP contribution in [0.4, 0.5) is 0 Å². The first-order chi connectivity index (χ1) is 7.75. The van der Waals surface area contributed by atoms with Crippen LogP contribution in [0.5, 0.6) is 0 Å². The van der Waals surface area contributed by atoms with E-state index in [-0.39, 0.29) is 23.4 Å². The maximum Gasteiger partial charge on any atom is 0.325 e. The molecule has 0 saturated carbocycles. The van der Waals surface area contributed by atoms with Gasteiger partial charge in [-0.2, -0.15) is 5.10 Å². The van der Waals surface area contributed by atoms with E-state index >= 15 is 0 Å². The molecule has 1 aliphatic rings. The van der Waals surface area contributed by atoms with Crippen molar-refractivity contribution >= 4 is 17.2 Å². The fourth-order valence-corrected chi connectivity index (χ4v) is 2.05. The third-order valence-corrected chi connectivity index (χ3v) is 3.01. The minimum Gasteiger partial charge on any atom is -0.376 e. The van der Waals surface area contributed by atoms with E-state index in [2.05, 4.69) is 10.4 Å². The van der Waals surface area contributed by atoms with Gasteiger partial charge in [0.15, 0.2) is 0 Å². The van der Waals surface area contributed by atoms with Crippen LogP contribution >= 0.6 is 11.3 Å². The van der Waals surface area contributed by atoms with Crippen LogP contribution in [0.25, 0.3) is 0 Å². The van der Waals surface area contributed by atoms with Crippen LogP contribution < -0.4 is 10.2 Å². The van der Waals surface area contributed by atoms with Crippen LogP contribution in [0.15, 0.2) is 10.3 Å². The number of hydrogen-bond acceptors (Lipinski definition) is 5. The Morgan fingerprint density at radius 1 is 1.75 bits per heavy atom. The quantitative estimate of drug-likeness (QED) is 0.781. The Bertz CT molecular complexity index is 408. The molecule has 1 unspecified atom stereocenters. The van der Waals surface area contributed by atoms with Gasteiger partial charge < -0.3 is 10.1 Å². The fraction of sp³-hybridized carbons (Fsp3) is 0.667. The summed E-state index contributed by atoms with van der Waals surface area (Å²) in [5.41, 5.74) is 1.43. The monoisotopic (exact) mass is 243 g/mol. The van der Waals surface area contributed by atoms with Crippen LogP contribution in [0, 0.1) is 0 Å². The molecule has 0 bridgehead atoms. The predicted molar refractivity (Wildman–Crippen MR) is 58.4 cm³/mol. The second-order valence-electron chi connectivity index (χ2n) is 3.60. The second-order valence-corrected chi connectivity index (χ2v) is 4.40. The second kappa shape index (κ2) is 5.22. The molecule has 1 atom stereocenters. The molecular formula is C9H13N3O3S. The summed E-state index contributed by atoms with van der Waals surface area (Å²) < 4.78 is 6.51. The average molecular weight is 243 g/mol. The Labute approximate surface area is 96.2 Å². The first kappa shape index (κ1) is 11.3. The molecule has 7 heteroatoms. The summed E-state index contributed by atoms with van der Waals surface area (Å²) in [6.07, 6.45) is 2.15. The van der Waals surface area contributed by atoms with E-state index in [0.29, 0.717) is 6.54 Å². The lowest BCUT2D eigenvalue weighted by atomic mass is 10.2. The zero-order chi connectivity index (χ0) is 11.4. The van der Waals surface area contributed by atoms with Crippen molar-refractivity contribution in [1.82, 2.24) is 15.1 Å². The molecule has 16 heavy (non-hydrogen) atoms. The molecule has 1 saturated heterocycles. The van der Waals surface area contributed by atoms with Crippen molar-refractivity contribution in [1.29, 1.82) is 0 Å². The number of rotatable bonds is 4. The van der Waals surface area contributed by atoms with E-state index in [4.69, 9.17) is 4.74 Å². The van der Waals surface area contributed by atoms with Crippen LogP contribution in [-0.4, -0.2) is 34.9 Å². The largest absolute Gasteiger partial charge is 0.376 e. The lowest BCUT2D eigenvalue weighted by Crippen LogP contribution is -2.36. The van der Waals surface area contributed by atoms with Crippen molar-refractivity contribution in [2.75, 3.05) is 13.2 Å². The highest BCUT2D eigenvalue weighted by Gasteiger charge is 2.16. The maximum absolute atomic E-state index is 11.5.